The lowest BCUT2D eigenvalue weighted by molar-refractivity contribution is -0.384. The number of rotatable bonds is 6. The van der Waals surface area contributed by atoms with Crippen molar-refractivity contribution in [3.05, 3.63) is 100 Å². The van der Waals surface area contributed by atoms with Crippen LogP contribution in [0.2, 0.25) is 0 Å². The summed E-state index contributed by atoms with van der Waals surface area (Å²) in [5.74, 6) is 0.500. The van der Waals surface area contributed by atoms with Gasteiger partial charge in [0.15, 0.2) is 0 Å². The predicted octanol–water partition coefficient (Wildman–Crippen LogP) is 4.73. The molecule has 3 aromatic carbocycles. The second-order valence-corrected chi connectivity index (χ2v) is 8.90. The molecular formula is C28H27N5O4. The van der Waals surface area contributed by atoms with E-state index in [1.165, 1.54) is 28.1 Å². The maximum atomic E-state index is 13.8. The lowest BCUT2D eigenvalue weighted by Gasteiger charge is -2.36. The van der Waals surface area contributed by atoms with Crippen molar-refractivity contribution in [1.82, 2.24) is 14.7 Å². The van der Waals surface area contributed by atoms with Gasteiger partial charge in [-0.2, -0.15) is 5.10 Å². The first-order chi connectivity index (χ1) is 17.9. The van der Waals surface area contributed by atoms with Crippen LogP contribution in [0.4, 0.5) is 11.4 Å². The second kappa shape index (κ2) is 10.1. The Morgan fingerprint density at radius 3 is 2.43 bits per heavy atom. The molecule has 0 bridgehead atoms. The average Bonchev–Trinajstić information content (AvgIpc) is 3.39. The van der Waals surface area contributed by atoms with Crippen LogP contribution in [0.15, 0.2) is 78.9 Å². The molecule has 1 amide bonds. The number of anilines is 1. The number of non-ortho nitro benzene ring substituents is 1. The van der Waals surface area contributed by atoms with Gasteiger partial charge in [-0.25, -0.2) is 4.68 Å². The molecular weight excluding hydrogens is 470 g/mol. The standard InChI is InChI=1S/C28H27N5O4/c1-20-7-3-4-12-26(20)30-13-15-31(16-14-30)28(34)27-19-25(21-8-5-11-24(17-21)37-2)29-32(27)22-9-6-10-23(18-22)33(35)36/h3-12,17-19H,13-16H2,1-2H3. The average molecular weight is 498 g/mol. The Kier molecular flexibility index (Phi) is 6.59. The van der Waals surface area contributed by atoms with Crippen LogP contribution in [-0.2, 0) is 0 Å². The molecule has 1 aliphatic rings. The van der Waals surface area contributed by atoms with Gasteiger partial charge in [-0.05, 0) is 42.8 Å². The summed E-state index contributed by atoms with van der Waals surface area (Å²) in [6.07, 6.45) is 0. The molecule has 1 aliphatic heterocycles. The van der Waals surface area contributed by atoms with Crippen molar-refractivity contribution in [2.24, 2.45) is 0 Å². The zero-order valence-corrected chi connectivity index (χ0v) is 20.7. The van der Waals surface area contributed by atoms with E-state index in [9.17, 15) is 14.9 Å². The number of nitro benzene ring substituents is 1. The van der Waals surface area contributed by atoms with Crippen molar-refractivity contribution >= 4 is 17.3 Å². The summed E-state index contributed by atoms with van der Waals surface area (Å²) >= 11 is 0. The molecule has 5 rings (SSSR count). The molecule has 0 saturated carbocycles. The Balaban J connectivity index is 1.48. The van der Waals surface area contributed by atoms with Gasteiger partial charge in [0.1, 0.15) is 11.4 Å². The number of aryl methyl sites for hydroxylation is 1. The summed E-state index contributed by atoms with van der Waals surface area (Å²) in [5.41, 5.74) is 4.47. The van der Waals surface area contributed by atoms with Crippen LogP contribution in [-0.4, -0.2) is 58.8 Å². The highest BCUT2D eigenvalue weighted by Gasteiger charge is 2.27. The van der Waals surface area contributed by atoms with E-state index in [1.54, 1.807) is 25.3 Å². The van der Waals surface area contributed by atoms with Crippen LogP contribution < -0.4 is 9.64 Å². The van der Waals surface area contributed by atoms with Crippen molar-refractivity contribution in [3.8, 4) is 22.7 Å². The predicted molar refractivity (Wildman–Crippen MR) is 142 cm³/mol. The molecule has 0 atom stereocenters. The molecule has 1 fully saturated rings. The number of nitro groups is 1. The van der Waals surface area contributed by atoms with Crippen LogP contribution in [0.5, 0.6) is 5.75 Å². The van der Waals surface area contributed by atoms with Gasteiger partial charge in [-0.1, -0.05) is 36.4 Å². The normalized spacial score (nSPS) is 13.5. The van der Waals surface area contributed by atoms with Gasteiger partial charge in [0.25, 0.3) is 11.6 Å². The molecule has 0 unspecified atom stereocenters. The first-order valence-electron chi connectivity index (χ1n) is 12.0. The number of para-hydroxylation sites is 1. The number of benzene rings is 3. The topological polar surface area (TPSA) is 93.7 Å². The molecule has 1 saturated heterocycles. The monoisotopic (exact) mass is 497 g/mol. The fourth-order valence-corrected chi connectivity index (χ4v) is 4.62. The van der Waals surface area contributed by atoms with Crippen LogP contribution in [0.1, 0.15) is 16.1 Å². The first-order valence-corrected chi connectivity index (χ1v) is 12.0. The van der Waals surface area contributed by atoms with Crippen molar-refractivity contribution in [2.75, 3.05) is 38.2 Å². The Morgan fingerprint density at radius 1 is 0.946 bits per heavy atom. The minimum Gasteiger partial charge on any atom is -0.497 e. The minimum absolute atomic E-state index is 0.0684. The van der Waals surface area contributed by atoms with E-state index >= 15 is 0 Å². The van der Waals surface area contributed by atoms with Crippen molar-refractivity contribution in [2.45, 2.75) is 6.92 Å². The molecule has 4 aromatic rings. The molecule has 0 radical (unpaired) electrons. The Hall–Kier alpha value is -4.66. The van der Waals surface area contributed by atoms with E-state index in [-0.39, 0.29) is 11.6 Å². The molecule has 9 heteroatoms. The van der Waals surface area contributed by atoms with Gasteiger partial charge in [-0.3, -0.25) is 14.9 Å². The van der Waals surface area contributed by atoms with Crippen molar-refractivity contribution in [3.63, 3.8) is 0 Å². The Bertz CT molecular complexity index is 1460. The number of ether oxygens (including phenoxy) is 1. The molecule has 0 spiro atoms. The molecule has 2 heterocycles. The number of hydrogen-bond donors (Lipinski definition) is 0. The summed E-state index contributed by atoms with van der Waals surface area (Å²) in [5, 5.41) is 16.1. The summed E-state index contributed by atoms with van der Waals surface area (Å²) in [6.45, 7) is 4.63. The molecule has 37 heavy (non-hydrogen) atoms. The Labute approximate surface area is 214 Å². The SMILES string of the molecule is COc1cccc(-c2cc(C(=O)N3CCN(c4ccccc4C)CC3)n(-c3cccc([N+](=O)[O-])c3)n2)c1. The van der Waals surface area contributed by atoms with Crippen LogP contribution in [0.25, 0.3) is 16.9 Å². The van der Waals surface area contributed by atoms with Crippen LogP contribution in [0.3, 0.4) is 0 Å². The number of aromatic nitrogens is 2. The number of methoxy groups -OCH3 is 1. The number of hydrogen-bond acceptors (Lipinski definition) is 6. The fraction of sp³-hybridized carbons (Fsp3) is 0.214. The highest BCUT2D eigenvalue weighted by atomic mass is 16.6. The van der Waals surface area contributed by atoms with Crippen molar-refractivity contribution < 1.29 is 14.5 Å². The van der Waals surface area contributed by atoms with E-state index in [2.05, 4.69) is 24.0 Å². The molecule has 9 nitrogen and oxygen atoms in total. The summed E-state index contributed by atoms with van der Waals surface area (Å²) in [6, 6.07) is 23.5. The maximum absolute atomic E-state index is 13.8. The van der Waals surface area contributed by atoms with Gasteiger partial charge >= 0.3 is 0 Å². The molecule has 188 valence electrons. The summed E-state index contributed by atoms with van der Waals surface area (Å²) in [4.78, 5) is 28.8. The fourth-order valence-electron chi connectivity index (χ4n) is 4.62. The van der Waals surface area contributed by atoms with Crippen molar-refractivity contribution in [1.29, 1.82) is 0 Å². The highest BCUT2D eigenvalue weighted by molar-refractivity contribution is 5.94. The zero-order valence-electron chi connectivity index (χ0n) is 20.7. The number of piperazine rings is 1. The number of amides is 1. The maximum Gasteiger partial charge on any atom is 0.272 e. The van der Waals surface area contributed by atoms with E-state index in [4.69, 9.17) is 9.84 Å². The van der Waals surface area contributed by atoms with Gasteiger partial charge in [-0.15, -0.1) is 0 Å². The Morgan fingerprint density at radius 2 is 1.70 bits per heavy atom. The van der Waals surface area contributed by atoms with Gasteiger partial charge in [0.2, 0.25) is 0 Å². The number of carbonyl (C=O) groups is 1. The quantitative estimate of drug-likeness (QED) is 0.283. The van der Waals surface area contributed by atoms with Gasteiger partial charge in [0.05, 0.1) is 23.4 Å². The highest BCUT2D eigenvalue weighted by Crippen LogP contribution is 2.28. The third-order valence-electron chi connectivity index (χ3n) is 6.60. The number of carbonyl (C=O) groups excluding carboxylic acids is 1. The van der Waals surface area contributed by atoms with E-state index < -0.39 is 4.92 Å². The van der Waals surface area contributed by atoms with E-state index in [0.717, 1.165) is 5.56 Å². The number of nitrogens with zero attached hydrogens (tertiary/aromatic N) is 5. The van der Waals surface area contributed by atoms with E-state index in [1.807, 2.05) is 41.3 Å². The molecule has 0 aliphatic carbocycles. The third kappa shape index (κ3) is 4.88. The third-order valence-corrected chi connectivity index (χ3v) is 6.60. The van der Waals surface area contributed by atoms with Crippen LogP contribution >= 0.6 is 0 Å². The first kappa shape index (κ1) is 24.1. The minimum atomic E-state index is -0.456. The molecule has 0 N–H and O–H groups in total. The smallest absolute Gasteiger partial charge is 0.272 e. The largest absolute Gasteiger partial charge is 0.497 e. The zero-order chi connectivity index (χ0) is 25.9. The second-order valence-electron chi connectivity index (χ2n) is 8.90. The molecule has 1 aromatic heterocycles. The van der Waals surface area contributed by atoms with Gasteiger partial charge < -0.3 is 14.5 Å². The summed E-state index contributed by atoms with van der Waals surface area (Å²) in [7, 11) is 1.59. The van der Waals surface area contributed by atoms with Crippen LogP contribution in [0, 0.1) is 17.0 Å². The lowest BCUT2D eigenvalue weighted by atomic mass is 10.1. The summed E-state index contributed by atoms with van der Waals surface area (Å²) < 4.78 is 6.85. The lowest BCUT2D eigenvalue weighted by Crippen LogP contribution is -2.49. The van der Waals surface area contributed by atoms with E-state index in [0.29, 0.717) is 49.0 Å². The van der Waals surface area contributed by atoms with Gasteiger partial charge in [0, 0.05) is 49.6 Å².